The number of benzene rings is 3. The Morgan fingerprint density at radius 1 is 0.540 bits per heavy atom. The first kappa shape index (κ1) is 52.9. The number of aromatic hydroxyl groups is 1. The molecule has 1 N–H and O–H groups in total. The van der Waals surface area contributed by atoms with E-state index >= 15 is 0 Å². The van der Waals surface area contributed by atoms with Gasteiger partial charge in [0.05, 0.1) is 6.61 Å². The van der Waals surface area contributed by atoms with E-state index < -0.39 is 8.24 Å². The Balaban J connectivity index is 2.29. The molecule has 0 aliphatic heterocycles. The molecule has 0 aliphatic rings. The molecular weight excluding hydrogens is 792 g/mol. The SMILES string of the molecule is Cc1cc(CCCOp2oc3ccccc3c3c(C(C)(C)CC(C)(C)C)c(C(C)(C)CC(C)(C)C)c(C(C)(C)CC(C)(C)C)c(C(C)(C)CC(C)(C)C)c3o2)cc(C(C)(C)C)c1O. The highest BCUT2D eigenvalue weighted by Crippen LogP contribution is 2.58. The third-order valence-corrected chi connectivity index (χ3v) is 13.6. The van der Waals surface area contributed by atoms with Crippen molar-refractivity contribution in [1.82, 2.24) is 0 Å². The van der Waals surface area contributed by atoms with E-state index in [9.17, 15) is 5.11 Å². The number of hydrogen-bond acceptors (Lipinski definition) is 4. The second-order valence-electron chi connectivity index (χ2n) is 28.1. The van der Waals surface area contributed by atoms with Crippen LogP contribution in [0.1, 0.15) is 230 Å². The van der Waals surface area contributed by atoms with Crippen LogP contribution in [-0.4, -0.2) is 11.7 Å². The van der Waals surface area contributed by atoms with Gasteiger partial charge in [-0.3, -0.25) is 4.52 Å². The zero-order valence-electron chi connectivity index (χ0n) is 45.0. The van der Waals surface area contributed by atoms with Gasteiger partial charge in [0.1, 0.15) is 16.9 Å². The molecule has 4 aromatic rings. The normalized spacial score (nSPS) is 14.6. The largest absolute Gasteiger partial charge is 0.507 e. The maximum absolute atomic E-state index is 10.9. The Bertz CT molecular complexity index is 2280. The summed E-state index contributed by atoms with van der Waals surface area (Å²) in [6, 6.07) is 12.9. The monoisotopic (exact) mass is 885 g/mol. The Hall–Kier alpha value is -2.68. The second-order valence-corrected chi connectivity index (χ2v) is 29.2. The van der Waals surface area contributed by atoms with Crippen LogP contribution in [0.4, 0.5) is 0 Å². The number of phenolic OH excluding ortho intramolecular Hbond substituents is 1. The maximum Gasteiger partial charge on any atom is 0.387 e. The Kier molecular flexibility index (Phi) is 15.0. The van der Waals surface area contributed by atoms with E-state index in [1.807, 2.05) is 6.92 Å². The number of aryl methyl sites for hydroxylation is 2. The molecule has 0 fully saturated rings. The summed E-state index contributed by atoms with van der Waals surface area (Å²) < 4.78 is 21.5. The van der Waals surface area contributed by atoms with Gasteiger partial charge in [-0.1, -0.05) is 190 Å². The number of rotatable bonds is 13. The molecule has 0 bridgehead atoms. The summed E-state index contributed by atoms with van der Waals surface area (Å²) in [6.07, 6.45) is 5.64. The lowest BCUT2D eigenvalue weighted by atomic mass is 9.56. The first-order chi connectivity index (χ1) is 28.2. The summed E-state index contributed by atoms with van der Waals surface area (Å²) in [6.45, 7) is 57.7. The van der Waals surface area contributed by atoms with E-state index in [2.05, 4.69) is 196 Å². The summed E-state index contributed by atoms with van der Waals surface area (Å²) in [5.41, 5.74) is 9.73. The molecule has 0 aliphatic carbocycles. The summed E-state index contributed by atoms with van der Waals surface area (Å²) in [7, 11) is -1.83. The fraction of sp³-hybridized carbons (Fsp3) is 0.690. The number of hydrogen-bond donors (Lipinski definition) is 1. The van der Waals surface area contributed by atoms with E-state index in [0.717, 1.165) is 66.2 Å². The fourth-order valence-corrected chi connectivity index (χ4v) is 13.4. The Labute approximate surface area is 387 Å². The van der Waals surface area contributed by atoms with Gasteiger partial charge in [0, 0.05) is 16.3 Å². The maximum atomic E-state index is 10.9. The van der Waals surface area contributed by atoms with Crippen LogP contribution >= 0.6 is 8.24 Å². The standard InChI is InChI=1S/C58H93O4P/c1-38-32-39(33-41(48(38)59)54(14,15)16)28-27-31-60-63-61-42-30-26-25-29-40(42)43-44(55(17,18)34-50(2,3)4)45(56(19,20)35-51(5,6)7)46(57(21,22)36-52(8,9)10)47(49(43)62-63)58(23,24)37-53(11,12)13/h25-26,29-30,32-33,59H,27-28,31,34-37H2,1-24H3. The highest BCUT2D eigenvalue weighted by molar-refractivity contribution is 7.31. The van der Waals surface area contributed by atoms with Gasteiger partial charge in [0.25, 0.3) is 0 Å². The lowest BCUT2D eigenvalue weighted by Gasteiger charge is -2.48. The minimum absolute atomic E-state index is 0.0485. The first-order valence-corrected chi connectivity index (χ1v) is 25.2. The second kappa shape index (κ2) is 17.8. The van der Waals surface area contributed by atoms with Crippen molar-refractivity contribution in [3.05, 3.63) is 75.3 Å². The molecule has 4 nitrogen and oxygen atoms in total. The molecule has 0 radical (unpaired) electrons. The van der Waals surface area contributed by atoms with Gasteiger partial charge in [0.2, 0.25) is 0 Å². The molecule has 0 amide bonds. The van der Waals surface area contributed by atoms with Crippen LogP contribution in [0.15, 0.2) is 44.8 Å². The van der Waals surface area contributed by atoms with Gasteiger partial charge in [-0.2, -0.15) is 0 Å². The first-order valence-electron chi connectivity index (χ1n) is 24.1. The summed E-state index contributed by atoms with van der Waals surface area (Å²) in [4.78, 5) is 0. The molecule has 354 valence electrons. The smallest absolute Gasteiger partial charge is 0.387 e. The van der Waals surface area contributed by atoms with Crippen LogP contribution in [0.3, 0.4) is 0 Å². The van der Waals surface area contributed by atoms with Gasteiger partial charge in [0.15, 0.2) is 0 Å². The third kappa shape index (κ3) is 13.2. The Morgan fingerprint density at radius 3 is 1.43 bits per heavy atom. The molecule has 0 saturated heterocycles. The quantitative estimate of drug-likeness (QED) is 0.136. The fourth-order valence-electron chi connectivity index (χ4n) is 12.4. The minimum atomic E-state index is -1.83. The van der Waals surface area contributed by atoms with E-state index in [1.165, 1.54) is 33.2 Å². The van der Waals surface area contributed by atoms with Crippen LogP contribution in [0.2, 0.25) is 0 Å². The van der Waals surface area contributed by atoms with Crippen LogP contribution in [-0.2, 0) is 33.5 Å². The molecule has 1 aromatic heterocycles. The van der Waals surface area contributed by atoms with Crippen molar-refractivity contribution >= 4 is 30.2 Å². The highest BCUT2D eigenvalue weighted by atomic mass is 31.1. The van der Waals surface area contributed by atoms with Gasteiger partial charge >= 0.3 is 8.24 Å². The average Bonchev–Trinajstić information content (AvgIpc) is 3.18. The van der Waals surface area contributed by atoms with Crippen molar-refractivity contribution in [3.8, 4) is 5.75 Å². The van der Waals surface area contributed by atoms with Crippen molar-refractivity contribution in [2.75, 3.05) is 6.61 Å². The topological polar surface area (TPSA) is 55.7 Å². The van der Waals surface area contributed by atoms with E-state index in [0.29, 0.717) is 12.4 Å². The number of para-hydroxylation sites is 1. The van der Waals surface area contributed by atoms with Crippen LogP contribution in [0.5, 0.6) is 5.75 Å². The lowest BCUT2D eigenvalue weighted by molar-refractivity contribution is 0.245. The van der Waals surface area contributed by atoms with E-state index in [-0.39, 0.29) is 48.7 Å². The zero-order valence-corrected chi connectivity index (χ0v) is 45.9. The van der Waals surface area contributed by atoms with Crippen molar-refractivity contribution in [2.24, 2.45) is 21.7 Å². The van der Waals surface area contributed by atoms with Crippen LogP contribution in [0, 0.1) is 28.6 Å². The zero-order chi connectivity index (χ0) is 48.3. The van der Waals surface area contributed by atoms with Crippen molar-refractivity contribution in [1.29, 1.82) is 0 Å². The minimum Gasteiger partial charge on any atom is -0.507 e. The molecule has 0 saturated carbocycles. The number of phenols is 1. The molecule has 1 atom stereocenters. The molecular formula is C58H93O4P. The van der Waals surface area contributed by atoms with Crippen LogP contribution in [0.25, 0.3) is 21.9 Å². The predicted molar refractivity (Wildman–Crippen MR) is 276 cm³/mol. The molecule has 63 heavy (non-hydrogen) atoms. The van der Waals surface area contributed by atoms with Gasteiger partial charge in [-0.25, -0.2) is 0 Å². The van der Waals surface area contributed by atoms with E-state index in [4.69, 9.17) is 12.9 Å². The van der Waals surface area contributed by atoms with Gasteiger partial charge in [-0.15, -0.1) is 0 Å². The third-order valence-electron chi connectivity index (χ3n) is 12.5. The molecule has 5 heteroatoms. The van der Waals surface area contributed by atoms with Crippen molar-refractivity contribution < 1.29 is 18.0 Å². The lowest BCUT2D eigenvalue weighted by Crippen LogP contribution is -2.40. The van der Waals surface area contributed by atoms with Crippen LogP contribution < -0.4 is 4.52 Å². The Morgan fingerprint density at radius 2 is 0.968 bits per heavy atom. The molecule has 4 rings (SSSR count). The molecule has 0 spiro atoms. The molecule has 1 heterocycles. The predicted octanol–water partition coefficient (Wildman–Crippen LogP) is 18.5. The number of fused-ring (bicyclic) bond motifs is 3. The van der Waals surface area contributed by atoms with Gasteiger partial charge in [-0.05, 0) is 134 Å². The van der Waals surface area contributed by atoms with Crippen molar-refractivity contribution in [2.45, 2.75) is 232 Å². The highest BCUT2D eigenvalue weighted by Gasteiger charge is 2.47. The summed E-state index contributed by atoms with van der Waals surface area (Å²) in [5.74, 6) is 0.397. The summed E-state index contributed by atoms with van der Waals surface area (Å²) >= 11 is 0. The molecule has 1 unspecified atom stereocenters. The molecule has 3 aromatic carbocycles. The average molecular weight is 885 g/mol. The van der Waals surface area contributed by atoms with Gasteiger partial charge < -0.3 is 13.5 Å². The van der Waals surface area contributed by atoms with Crippen molar-refractivity contribution in [3.63, 3.8) is 0 Å². The van der Waals surface area contributed by atoms with E-state index in [1.54, 1.807) is 0 Å². The summed E-state index contributed by atoms with van der Waals surface area (Å²) in [5, 5.41) is 13.2.